The average molecular weight is 280 g/mol. The van der Waals surface area contributed by atoms with E-state index in [4.69, 9.17) is 15.5 Å². The van der Waals surface area contributed by atoms with E-state index in [9.17, 15) is 14.2 Å². The van der Waals surface area contributed by atoms with Gasteiger partial charge in [0.15, 0.2) is 5.75 Å². The lowest BCUT2D eigenvalue weighted by molar-refractivity contribution is 0.323. The molecule has 2 rings (SSSR count). The number of terminal acetylenes is 1. The topological polar surface area (TPSA) is 101 Å². The molecule has 2 aromatic rings. The molecule has 1 aromatic carbocycles. The first-order chi connectivity index (χ1) is 9.11. The Labute approximate surface area is 107 Å². The van der Waals surface area contributed by atoms with E-state index < -0.39 is 19.4 Å². The number of fused-ring (bicyclic) bond motifs is 1. The smallest absolute Gasteiger partial charge is 0.368 e. The van der Waals surface area contributed by atoms with Crippen molar-refractivity contribution in [3.8, 4) is 18.1 Å². The highest BCUT2D eigenvalue weighted by molar-refractivity contribution is 7.33. The zero-order valence-electron chi connectivity index (χ0n) is 9.56. The van der Waals surface area contributed by atoms with E-state index in [2.05, 4.69) is 15.9 Å². The Kier molecular flexibility index (Phi) is 3.85. The van der Waals surface area contributed by atoms with Crippen LogP contribution in [0.5, 0.6) is 5.75 Å². The number of aromatic amines is 2. The summed E-state index contributed by atoms with van der Waals surface area (Å²) in [4.78, 5) is 27.1. The molecule has 1 heterocycles. The van der Waals surface area contributed by atoms with Crippen molar-refractivity contribution in [2.45, 2.75) is 0 Å². The summed E-state index contributed by atoms with van der Waals surface area (Å²) < 4.78 is 21.2. The standard InChI is InChI=1S/C11H9N2O5P/c1-2-6-17-19(16)18-8-5-3-4-7-9(8)13-11(15)10(14)12-7/h1,3-5,19H,6H2,(H,12,14)(H,13,15). The van der Waals surface area contributed by atoms with Crippen molar-refractivity contribution in [3.05, 3.63) is 38.9 Å². The molecule has 0 aliphatic heterocycles. The number of rotatable bonds is 4. The van der Waals surface area contributed by atoms with Crippen LogP contribution < -0.4 is 15.6 Å². The third-order valence-electron chi connectivity index (χ3n) is 2.19. The second-order valence-corrected chi connectivity index (χ2v) is 4.42. The maximum absolute atomic E-state index is 11.4. The van der Waals surface area contributed by atoms with Crippen molar-refractivity contribution in [1.29, 1.82) is 0 Å². The molecule has 0 radical (unpaired) electrons. The maximum Gasteiger partial charge on any atom is 0.368 e. The molecular weight excluding hydrogens is 271 g/mol. The molecule has 0 aliphatic carbocycles. The van der Waals surface area contributed by atoms with Crippen LogP contribution in [-0.4, -0.2) is 16.6 Å². The van der Waals surface area contributed by atoms with Crippen molar-refractivity contribution >= 4 is 19.3 Å². The quantitative estimate of drug-likeness (QED) is 0.486. The van der Waals surface area contributed by atoms with E-state index >= 15 is 0 Å². The van der Waals surface area contributed by atoms with Crippen LogP contribution >= 0.6 is 8.25 Å². The third-order valence-corrected chi connectivity index (χ3v) is 2.95. The van der Waals surface area contributed by atoms with Crippen molar-refractivity contribution < 1.29 is 13.6 Å². The number of benzene rings is 1. The summed E-state index contributed by atoms with van der Waals surface area (Å²) in [6.45, 7) is -0.143. The van der Waals surface area contributed by atoms with Gasteiger partial charge in [-0.15, -0.1) is 6.42 Å². The van der Waals surface area contributed by atoms with Crippen LogP contribution in [0.3, 0.4) is 0 Å². The molecule has 0 spiro atoms. The first-order valence-electron chi connectivity index (χ1n) is 5.15. The summed E-state index contributed by atoms with van der Waals surface area (Å²) in [7, 11) is -2.82. The highest BCUT2D eigenvalue weighted by Crippen LogP contribution is 2.31. The van der Waals surface area contributed by atoms with E-state index in [0.717, 1.165) is 0 Å². The van der Waals surface area contributed by atoms with Gasteiger partial charge in [0.1, 0.15) is 12.1 Å². The lowest BCUT2D eigenvalue weighted by Gasteiger charge is -2.07. The van der Waals surface area contributed by atoms with Gasteiger partial charge in [-0.25, -0.2) is 4.57 Å². The molecule has 19 heavy (non-hydrogen) atoms. The summed E-state index contributed by atoms with van der Waals surface area (Å²) >= 11 is 0. The van der Waals surface area contributed by atoms with Crippen LogP contribution in [0, 0.1) is 12.3 Å². The fourth-order valence-corrected chi connectivity index (χ4v) is 2.03. The molecule has 0 saturated carbocycles. The number of hydrogen-bond donors (Lipinski definition) is 2. The van der Waals surface area contributed by atoms with Crippen LogP contribution in [0.4, 0.5) is 0 Å². The average Bonchev–Trinajstić information content (AvgIpc) is 2.38. The highest BCUT2D eigenvalue weighted by Gasteiger charge is 2.08. The fraction of sp³-hybridized carbons (Fsp3) is 0.0909. The van der Waals surface area contributed by atoms with Crippen LogP contribution in [-0.2, 0) is 9.09 Å². The van der Waals surface area contributed by atoms with E-state index in [-0.39, 0.29) is 17.9 Å². The van der Waals surface area contributed by atoms with Gasteiger partial charge in [-0.3, -0.25) is 14.1 Å². The molecule has 1 aromatic heterocycles. The first kappa shape index (κ1) is 13.1. The predicted octanol–water partition coefficient (Wildman–Crippen LogP) is 0.635. The monoisotopic (exact) mass is 280 g/mol. The molecular formula is C11H9N2O5P. The minimum Gasteiger partial charge on any atom is -0.424 e. The molecule has 1 unspecified atom stereocenters. The van der Waals surface area contributed by atoms with Gasteiger partial charge in [-0.05, 0) is 12.1 Å². The summed E-state index contributed by atoms with van der Waals surface area (Å²) in [5.74, 6) is 2.29. The Bertz CT molecular complexity index is 786. The molecule has 0 aliphatic rings. The van der Waals surface area contributed by atoms with Gasteiger partial charge in [-0.1, -0.05) is 12.0 Å². The molecule has 0 amide bonds. The van der Waals surface area contributed by atoms with Gasteiger partial charge < -0.3 is 14.5 Å². The van der Waals surface area contributed by atoms with Crippen molar-refractivity contribution in [1.82, 2.24) is 9.97 Å². The number of para-hydroxylation sites is 1. The first-order valence-corrected chi connectivity index (χ1v) is 6.37. The summed E-state index contributed by atoms with van der Waals surface area (Å²) in [6, 6.07) is 4.62. The second kappa shape index (κ2) is 5.57. The van der Waals surface area contributed by atoms with E-state index in [0.29, 0.717) is 5.52 Å². The fourth-order valence-electron chi connectivity index (χ4n) is 1.42. The van der Waals surface area contributed by atoms with Crippen molar-refractivity contribution in [3.63, 3.8) is 0 Å². The number of nitrogens with one attached hydrogen (secondary N) is 2. The van der Waals surface area contributed by atoms with E-state index in [1.165, 1.54) is 6.07 Å². The Hall–Kier alpha value is -2.29. The normalized spacial score (nSPS) is 11.9. The lowest BCUT2D eigenvalue weighted by atomic mass is 10.3. The number of hydrogen-bond acceptors (Lipinski definition) is 5. The van der Waals surface area contributed by atoms with Crippen LogP contribution in [0.2, 0.25) is 0 Å². The van der Waals surface area contributed by atoms with Crippen molar-refractivity contribution in [2.75, 3.05) is 6.61 Å². The Balaban J connectivity index is 2.42. The lowest BCUT2D eigenvalue weighted by Crippen LogP contribution is -2.28. The van der Waals surface area contributed by atoms with Gasteiger partial charge in [0.2, 0.25) is 0 Å². The van der Waals surface area contributed by atoms with Gasteiger partial charge in [0.25, 0.3) is 0 Å². The van der Waals surface area contributed by atoms with Gasteiger partial charge in [0.05, 0.1) is 5.52 Å². The molecule has 0 fully saturated rings. The minimum atomic E-state index is -2.82. The van der Waals surface area contributed by atoms with Gasteiger partial charge >= 0.3 is 19.4 Å². The maximum atomic E-state index is 11.4. The second-order valence-electron chi connectivity index (χ2n) is 3.43. The SMILES string of the molecule is C#CCO[PH](=O)Oc1cccc2[nH]c(=O)c(=O)[nH]c12. The Morgan fingerprint density at radius 1 is 1.26 bits per heavy atom. The van der Waals surface area contributed by atoms with E-state index in [1.807, 2.05) is 0 Å². The highest BCUT2D eigenvalue weighted by atomic mass is 31.1. The summed E-state index contributed by atoms with van der Waals surface area (Å²) in [6.07, 6.45) is 4.96. The molecule has 0 bridgehead atoms. The zero-order valence-corrected chi connectivity index (χ0v) is 10.6. The van der Waals surface area contributed by atoms with Crippen LogP contribution in [0.25, 0.3) is 11.0 Å². The van der Waals surface area contributed by atoms with Crippen molar-refractivity contribution in [2.24, 2.45) is 0 Å². The van der Waals surface area contributed by atoms with Gasteiger partial charge in [-0.2, -0.15) is 0 Å². The van der Waals surface area contributed by atoms with Crippen LogP contribution in [0.15, 0.2) is 27.8 Å². The van der Waals surface area contributed by atoms with Crippen LogP contribution in [0.1, 0.15) is 0 Å². The third kappa shape index (κ3) is 2.94. The zero-order chi connectivity index (χ0) is 13.8. The minimum absolute atomic E-state index is 0.131. The number of aromatic nitrogens is 2. The summed E-state index contributed by atoms with van der Waals surface area (Å²) in [5, 5.41) is 0. The predicted molar refractivity (Wildman–Crippen MR) is 69.6 cm³/mol. The number of H-pyrrole nitrogens is 2. The molecule has 8 heteroatoms. The molecule has 0 saturated heterocycles. The van der Waals surface area contributed by atoms with Gasteiger partial charge in [0, 0.05) is 0 Å². The molecule has 98 valence electrons. The molecule has 1 atom stereocenters. The largest absolute Gasteiger partial charge is 0.424 e. The van der Waals surface area contributed by atoms with E-state index in [1.54, 1.807) is 12.1 Å². The Morgan fingerprint density at radius 3 is 2.74 bits per heavy atom. The molecule has 2 N–H and O–H groups in total. The molecule has 7 nitrogen and oxygen atoms in total. The Morgan fingerprint density at radius 2 is 2.00 bits per heavy atom. The summed E-state index contributed by atoms with van der Waals surface area (Å²) in [5.41, 5.74) is -1.02.